The molecule has 0 radical (unpaired) electrons. The van der Waals surface area contributed by atoms with Gasteiger partial charge in [-0.05, 0) is 52.7 Å². The largest absolute Gasteiger partial charge is 0.370 e. The van der Waals surface area contributed by atoms with Crippen molar-refractivity contribution in [3.63, 3.8) is 0 Å². The van der Waals surface area contributed by atoms with Gasteiger partial charge in [0.15, 0.2) is 0 Å². The first-order valence-electron chi connectivity index (χ1n) is 10.2. The maximum absolute atomic E-state index is 12.4. The van der Waals surface area contributed by atoms with Crippen molar-refractivity contribution in [3.8, 4) is 0 Å². The van der Waals surface area contributed by atoms with E-state index in [9.17, 15) is 4.79 Å². The standard InChI is InChI=1S/C19H36N4O2/c1-16-4-3-5-17(20-16)14-25-15-19(24)23-12-10-22(11-13-23)18-6-8-21(2)9-7-18/h16-18,20H,3-15H2,1-2H3/t16-,17-/m0/s1. The zero-order valence-corrected chi connectivity index (χ0v) is 16.1. The molecule has 0 bridgehead atoms. The van der Waals surface area contributed by atoms with E-state index in [0.29, 0.717) is 24.7 Å². The highest BCUT2D eigenvalue weighted by Crippen LogP contribution is 2.17. The fourth-order valence-electron chi connectivity index (χ4n) is 4.45. The Hall–Kier alpha value is -0.690. The van der Waals surface area contributed by atoms with Crippen molar-refractivity contribution < 1.29 is 9.53 Å². The molecule has 2 atom stereocenters. The minimum absolute atomic E-state index is 0.159. The number of hydrogen-bond donors (Lipinski definition) is 1. The van der Waals surface area contributed by atoms with Gasteiger partial charge in [-0.25, -0.2) is 0 Å². The van der Waals surface area contributed by atoms with Crippen molar-refractivity contribution in [1.82, 2.24) is 20.0 Å². The lowest BCUT2D eigenvalue weighted by molar-refractivity contribution is -0.138. The van der Waals surface area contributed by atoms with E-state index < -0.39 is 0 Å². The van der Waals surface area contributed by atoms with Crippen molar-refractivity contribution >= 4 is 5.91 Å². The smallest absolute Gasteiger partial charge is 0.248 e. The lowest BCUT2D eigenvalue weighted by atomic mass is 10.0. The van der Waals surface area contributed by atoms with Gasteiger partial charge in [-0.15, -0.1) is 0 Å². The highest BCUT2D eigenvalue weighted by atomic mass is 16.5. The molecule has 144 valence electrons. The van der Waals surface area contributed by atoms with Gasteiger partial charge in [0.1, 0.15) is 6.61 Å². The Morgan fingerprint density at radius 2 is 1.76 bits per heavy atom. The minimum Gasteiger partial charge on any atom is -0.370 e. The molecule has 25 heavy (non-hydrogen) atoms. The molecule has 0 unspecified atom stereocenters. The Morgan fingerprint density at radius 1 is 1.04 bits per heavy atom. The Labute approximate surface area is 152 Å². The van der Waals surface area contributed by atoms with Gasteiger partial charge in [-0.3, -0.25) is 9.69 Å². The molecule has 3 rings (SSSR count). The quantitative estimate of drug-likeness (QED) is 0.792. The maximum Gasteiger partial charge on any atom is 0.248 e. The molecule has 6 heteroatoms. The Bertz CT molecular complexity index is 418. The molecule has 0 spiro atoms. The SMILES string of the molecule is C[C@H]1CCC[C@@H](COCC(=O)N2CCN(C3CCN(C)CC3)CC2)N1. The van der Waals surface area contributed by atoms with Gasteiger partial charge in [0.05, 0.1) is 6.61 Å². The molecule has 3 aliphatic heterocycles. The van der Waals surface area contributed by atoms with Gasteiger partial charge in [0.2, 0.25) is 5.91 Å². The molecule has 3 aliphatic rings. The Morgan fingerprint density at radius 3 is 2.44 bits per heavy atom. The lowest BCUT2D eigenvalue weighted by Gasteiger charge is -2.42. The molecule has 0 aromatic carbocycles. The number of piperazine rings is 1. The summed E-state index contributed by atoms with van der Waals surface area (Å²) in [6.45, 7) is 9.26. The third-order valence-electron chi connectivity index (χ3n) is 6.13. The molecular weight excluding hydrogens is 316 g/mol. The van der Waals surface area contributed by atoms with Crippen molar-refractivity contribution in [2.45, 2.75) is 57.2 Å². The van der Waals surface area contributed by atoms with Crippen molar-refractivity contribution in [3.05, 3.63) is 0 Å². The summed E-state index contributed by atoms with van der Waals surface area (Å²) in [4.78, 5) is 19.4. The van der Waals surface area contributed by atoms with Crippen LogP contribution in [0.15, 0.2) is 0 Å². The average Bonchev–Trinajstić information content (AvgIpc) is 2.62. The van der Waals surface area contributed by atoms with E-state index in [0.717, 1.165) is 32.6 Å². The number of likely N-dealkylation sites (tertiary alicyclic amines) is 1. The van der Waals surface area contributed by atoms with Crippen LogP contribution in [0, 0.1) is 0 Å². The molecule has 3 fully saturated rings. The van der Waals surface area contributed by atoms with E-state index in [4.69, 9.17) is 4.74 Å². The number of piperidine rings is 2. The zero-order chi connectivity index (χ0) is 17.6. The molecule has 0 aromatic rings. The van der Waals surface area contributed by atoms with Crippen LogP contribution in [-0.2, 0) is 9.53 Å². The second-order valence-corrected chi connectivity index (χ2v) is 8.16. The van der Waals surface area contributed by atoms with Crippen molar-refractivity contribution in [2.75, 3.05) is 59.5 Å². The number of ether oxygens (including phenoxy) is 1. The second-order valence-electron chi connectivity index (χ2n) is 8.16. The Kier molecular flexibility index (Phi) is 7.10. The summed E-state index contributed by atoms with van der Waals surface area (Å²) in [6, 6.07) is 1.70. The summed E-state index contributed by atoms with van der Waals surface area (Å²) < 4.78 is 5.72. The second kappa shape index (κ2) is 9.31. The predicted octanol–water partition coefficient (Wildman–Crippen LogP) is 0.772. The molecule has 0 aromatic heterocycles. The lowest BCUT2D eigenvalue weighted by Crippen LogP contribution is -2.54. The van der Waals surface area contributed by atoms with E-state index in [2.05, 4.69) is 29.1 Å². The summed E-state index contributed by atoms with van der Waals surface area (Å²) >= 11 is 0. The zero-order valence-electron chi connectivity index (χ0n) is 16.1. The Balaban J connectivity index is 1.31. The summed E-state index contributed by atoms with van der Waals surface area (Å²) in [5.41, 5.74) is 0. The van der Waals surface area contributed by atoms with Crippen LogP contribution in [0.2, 0.25) is 0 Å². The third-order valence-corrected chi connectivity index (χ3v) is 6.13. The van der Waals surface area contributed by atoms with Crippen LogP contribution in [0.25, 0.3) is 0 Å². The van der Waals surface area contributed by atoms with Gasteiger partial charge in [0.25, 0.3) is 0 Å². The number of nitrogens with one attached hydrogen (secondary N) is 1. The third kappa shape index (κ3) is 5.64. The molecule has 0 saturated carbocycles. The van der Waals surface area contributed by atoms with Gasteiger partial charge >= 0.3 is 0 Å². The van der Waals surface area contributed by atoms with Crippen LogP contribution in [0.1, 0.15) is 39.0 Å². The average molecular weight is 353 g/mol. The van der Waals surface area contributed by atoms with Gasteiger partial charge in [-0.1, -0.05) is 6.42 Å². The van der Waals surface area contributed by atoms with Gasteiger partial charge in [0, 0.05) is 44.3 Å². The fourth-order valence-corrected chi connectivity index (χ4v) is 4.45. The number of amides is 1. The predicted molar refractivity (Wildman–Crippen MR) is 99.7 cm³/mol. The summed E-state index contributed by atoms with van der Waals surface area (Å²) in [5.74, 6) is 0.159. The van der Waals surface area contributed by atoms with Crippen LogP contribution in [0.5, 0.6) is 0 Å². The summed E-state index contributed by atoms with van der Waals surface area (Å²) in [7, 11) is 2.20. The fraction of sp³-hybridized carbons (Fsp3) is 0.947. The number of hydrogen-bond acceptors (Lipinski definition) is 5. The number of nitrogens with zero attached hydrogens (tertiary/aromatic N) is 3. The first kappa shape index (κ1) is 19.1. The highest BCUT2D eigenvalue weighted by Gasteiger charge is 2.28. The molecule has 6 nitrogen and oxygen atoms in total. The van der Waals surface area contributed by atoms with Gasteiger partial charge in [-0.2, -0.15) is 0 Å². The number of rotatable bonds is 5. The van der Waals surface area contributed by atoms with E-state index in [1.165, 1.54) is 38.8 Å². The monoisotopic (exact) mass is 352 g/mol. The van der Waals surface area contributed by atoms with E-state index in [-0.39, 0.29) is 12.5 Å². The molecule has 0 aliphatic carbocycles. The van der Waals surface area contributed by atoms with E-state index >= 15 is 0 Å². The molecule has 1 N–H and O–H groups in total. The first-order valence-corrected chi connectivity index (χ1v) is 10.2. The molecular formula is C19H36N4O2. The minimum atomic E-state index is 0.159. The van der Waals surface area contributed by atoms with Gasteiger partial charge < -0.3 is 19.9 Å². The topological polar surface area (TPSA) is 48.1 Å². The number of carbonyl (C=O) groups excluding carboxylic acids is 1. The van der Waals surface area contributed by atoms with Crippen LogP contribution < -0.4 is 5.32 Å². The number of carbonyl (C=O) groups is 1. The normalized spacial score (nSPS) is 30.6. The molecule has 3 saturated heterocycles. The van der Waals surface area contributed by atoms with Crippen molar-refractivity contribution in [1.29, 1.82) is 0 Å². The van der Waals surface area contributed by atoms with E-state index in [1.807, 2.05) is 4.90 Å². The maximum atomic E-state index is 12.4. The first-order chi connectivity index (χ1) is 12.1. The van der Waals surface area contributed by atoms with Crippen LogP contribution >= 0.6 is 0 Å². The summed E-state index contributed by atoms with van der Waals surface area (Å²) in [5, 5.41) is 3.55. The molecule has 3 heterocycles. The van der Waals surface area contributed by atoms with Crippen molar-refractivity contribution in [2.24, 2.45) is 0 Å². The molecule has 1 amide bonds. The van der Waals surface area contributed by atoms with Crippen LogP contribution in [0.4, 0.5) is 0 Å². The van der Waals surface area contributed by atoms with Crippen LogP contribution in [0.3, 0.4) is 0 Å². The van der Waals surface area contributed by atoms with Crippen LogP contribution in [-0.4, -0.2) is 98.3 Å². The highest BCUT2D eigenvalue weighted by molar-refractivity contribution is 5.77. The van der Waals surface area contributed by atoms with E-state index in [1.54, 1.807) is 0 Å². The summed E-state index contributed by atoms with van der Waals surface area (Å²) in [6.07, 6.45) is 6.20.